The summed E-state index contributed by atoms with van der Waals surface area (Å²) in [5.41, 5.74) is 3.04. The maximum atomic E-state index is 12.4. The molecule has 3 aromatic rings. The van der Waals surface area contributed by atoms with E-state index in [-0.39, 0.29) is 5.91 Å². The van der Waals surface area contributed by atoms with Crippen molar-refractivity contribution in [3.8, 4) is 5.75 Å². The number of rotatable bonds is 6. The zero-order valence-electron chi connectivity index (χ0n) is 14.7. The van der Waals surface area contributed by atoms with Crippen molar-refractivity contribution in [2.24, 2.45) is 0 Å². The lowest BCUT2D eigenvalue weighted by Gasteiger charge is -2.16. The van der Waals surface area contributed by atoms with E-state index < -0.39 is 6.10 Å². The molecule has 4 nitrogen and oxygen atoms in total. The Hall–Kier alpha value is -2.56. The molecule has 0 aliphatic carbocycles. The van der Waals surface area contributed by atoms with Crippen molar-refractivity contribution >= 4 is 34.8 Å². The molecule has 3 rings (SSSR count). The van der Waals surface area contributed by atoms with Crippen LogP contribution < -0.4 is 10.1 Å². The van der Waals surface area contributed by atoms with E-state index in [9.17, 15) is 4.79 Å². The van der Waals surface area contributed by atoms with Gasteiger partial charge in [-0.1, -0.05) is 35.3 Å². The summed E-state index contributed by atoms with van der Waals surface area (Å²) in [7, 11) is 0. The van der Waals surface area contributed by atoms with Gasteiger partial charge in [0, 0.05) is 23.1 Å². The molecule has 0 radical (unpaired) electrons. The number of carbonyl (C=O) groups excluding carboxylic acids is 1. The number of halogens is 2. The second-order valence-corrected chi connectivity index (χ2v) is 6.90. The fourth-order valence-electron chi connectivity index (χ4n) is 2.50. The lowest BCUT2D eigenvalue weighted by Crippen LogP contribution is -2.30. The average Bonchev–Trinajstić information content (AvgIpc) is 2.66. The summed E-state index contributed by atoms with van der Waals surface area (Å²) in [6, 6.07) is 16.6. The van der Waals surface area contributed by atoms with Crippen LogP contribution in [0, 0.1) is 0 Å². The number of hydrogen-bond donors (Lipinski definition) is 1. The summed E-state index contributed by atoms with van der Waals surface area (Å²) in [4.78, 5) is 16.4. The van der Waals surface area contributed by atoms with Gasteiger partial charge in [0.2, 0.25) is 0 Å². The molecule has 0 aliphatic heterocycles. The number of amides is 1. The number of nitrogens with zero attached hydrogens (tertiary/aromatic N) is 1. The number of pyridine rings is 1. The molecule has 27 heavy (non-hydrogen) atoms. The Morgan fingerprint density at radius 3 is 2.37 bits per heavy atom. The Morgan fingerprint density at radius 1 is 1.04 bits per heavy atom. The average molecular weight is 401 g/mol. The molecule has 0 saturated carbocycles. The molecule has 0 saturated heterocycles. The first-order valence-electron chi connectivity index (χ1n) is 8.41. The quantitative estimate of drug-likeness (QED) is 0.603. The van der Waals surface area contributed by atoms with E-state index in [1.165, 1.54) is 5.56 Å². The maximum absolute atomic E-state index is 12.4. The third-order valence-corrected chi connectivity index (χ3v) is 4.48. The first kappa shape index (κ1) is 19.2. The summed E-state index contributed by atoms with van der Waals surface area (Å²) in [6.07, 6.45) is 3.65. The smallest absolute Gasteiger partial charge is 0.265 e. The van der Waals surface area contributed by atoms with Crippen molar-refractivity contribution < 1.29 is 9.53 Å². The Balaban J connectivity index is 1.58. The molecule has 1 atom stereocenters. The number of aromatic nitrogens is 1. The van der Waals surface area contributed by atoms with Crippen molar-refractivity contribution in [2.75, 3.05) is 5.32 Å². The van der Waals surface area contributed by atoms with Crippen LogP contribution in [-0.2, 0) is 11.2 Å². The minimum absolute atomic E-state index is 0.261. The Kier molecular flexibility index (Phi) is 6.32. The second-order valence-electron chi connectivity index (χ2n) is 6.05. The van der Waals surface area contributed by atoms with Gasteiger partial charge in [0.15, 0.2) is 6.10 Å². The predicted molar refractivity (Wildman–Crippen MR) is 109 cm³/mol. The number of hydrogen-bond acceptors (Lipinski definition) is 3. The van der Waals surface area contributed by atoms with Crippen LogP contribution in [0.3, 0.4) is 0 Å². The molecule has 2 aromatic carbocycles. The molecule has 0 fully saturated rings. The lowest BCUT2D eigenvalue weighted by molar-refractivity contribution is -0.122. The van der Waals surface area contributed by atoms with Gasteiger partial charge >= 0.3 is 0 Å². The van der Waals surface area contributed by atoms with Gasteiger partial charge in [0.05, 0.1) is 5.02 Å². The SMILES string of the molecule is C[C@H](Oc1ccc(Cl)cc1Cl)C(=O)Nc1ccc(Cc2ccncc2)cc1. The van der Waals surface area contributed by atoms with Crippen molar-refractivity contribution in [2.45, 2.75) is 19.4 Å². The molecule has 0 bridgehead atoms. The van der Waals surface area contributed by atoms with Gasteiger partial charge in [0.25, 0.3) is 5.91 Å². The van der Waals surface area contributed by atoms with E-state index in [1.807, 2.05) is 36.4 Å². The third kappa shape index (κ3) is 5.46. The normalized spacial score (nSPS) is 11.7. The van der Waals surface area contributed by atoms with Crippen LogP contribution in [-0.4, -0.2) is 17.0 Å². The minimum Gasteiger partial charge on any atom is -0.479 e. The predicted octanol–water partition coefficient (Wildman–Crippen LogP) is 5.39. The van der Waals surface area contributed by atoms with Crippen LogP contribution in [0.4, 0.5) is 5.69 Å². The van der Waals surface area contributed by atoms with E-state index in [0.29, 0.717) is 21.5 Å². The molecule has 138 valence electrons. The van der Waals surface area contributed by atoms with Crippen LogP contribution in [0.2, 0.25) is 10.0 Å². The summed E-state index contributed by atoms with van der Waals surface area (Å²) in [5, 5.41) is 3.71. The largest absolute Gasteiger partial charge is 0.479 e. The van der Waals surface area contributed by atoms with Crippen molar-refractivity contribution in [1.82, 2.24) is 4.98 Å². The van der Waals surface area contributed by atoms with Gasteiger partial charge in [-0.3, -0.25) is 9.78 Å². The van der Waals surface area contributed by atoms with Crippen molar-refractivity contribution in [1.29, 1.82) is 0 Å². The molecule has 1 aromatic heterocycles. The van der Waals surface area contributed by atoms with Gasteiger partial charge in [0.1, 0.15) is 5.75 Å². The van der Waals surface area contributed by atoms with Gasteiger partial charge in [-0.05, 0) is 66.9 Å². The summed E-state index contributed by atoms with van der Waals surface area (Å²) in [6.45, 7) is 1.66. The Morgan fingerprint density at radius 2 is 1.70 bits per heavy atom. The Labute approximate surface area is 168 Å². The van der Waals surface area contributed by atoms with Gasteiger partial charge in [-0.2, -0.15) is 0 Å². The number of anilines is 1. The first-order valence-corrected chi connectivity index (χ1v) is 9.17. The molecule has 0 aliphatic rings. The molecular weight excluding hydrogens is 383 g/mol. The third-order valence-electron chi connectivity index (χ3n) is 3.95. The summed E-state index contributed by atoms with van der Waals surface area (Å²) < 4.78 is 5.63. The van der Waals surface area contributed by atoms with Crippen LogP contribution in [0.5, 0.6) is 5.75 Å². The standard InChI is InChI=1S/C21H18Cl2N2O2/c1-14(27-20-7-4-17(22)13-19(20)23)21(26)25-18-5-2-15(3-6-18)12-16-8-10-24-11-9-16/h2-11,13-14H,12H2,1H3,(H,25,26)/t14-/m0/s1. The van der Waals surface area contributed by atoms with Gasteiger partial charge in [-0.15, -0.1) is 0 Å². The number of nitrogens with one attached hydrogen (secondary N) is 1. The highest BCUT2D eigenvalue weighted by molar-refractivity contribution is 6.35. The van der Waals surface area contributed by atoms with Crippen molar-refractivity contribution in [3.05, 3.63) is 88.2 Å². The van der Waals surface area contributed by atoms with Crippen LogP contribution in [0.15, 0.2) is 67.0 Å². The first-order chi connectivity index (χ1) is 13.0. The van der Waals surface area contributed by atoms with Crippen molar-refractivity contribution in [3.63, 3.8) is 0 Å². The zero-order valence-corrected chi connectivity index (χ0v) is 16.2. The monoisotopic (exact) mass is 400 g/mol. The van der Waals surface area contributed by atoms with E-state index in [1.54, 1.807) is 37.5 Å². The van der Waals surface area contributed by atoms with Crippen LogP contribution in [0.25, 0.3) is 0 Å². The molecule has 1 heterocycles. The fraction of sp³-hybridized carbons (Fsp3) is 0.143. The Bertz CT molecular complexity index is 915. The zero-order chi connectivity index (χ0) is 19.2. The molecule has 1 N–H and O–H groups in total. The molecule has 1 amide bonds. The van der Waals surface area contributed by atoms with Crippen LogP contribution >= 0.6 is 23.2 Å². The molecule has 0 unspecified atom stereocenters. The van der Waals surface area contributed by atoms with E-state index >= 15 is 0 Å². The highest BCUT2D eigenvalue weighted by Crippen LogP contribution is 2.28. The lowest BCUT2D eigenvalue weighted by atomic mass is 10.1. The summed E-state index contributed by atoms with van der Waals surface area (Å²) >= 11 is 11.9. The van der Waals surface area contributed by atoms with E-state index in [2.05, 4.69) is 10.3 Å². The topological polar surface area (TPSA) is 51.2 Å². The number of benzene rings is 2. The number of carbonyl (C=O) groups is 1. The fourth-order valence-corrected chi connectivity index (χ4v) is 2.95. The molecular formula is C21H18Cl2N2O2. The van der Waals surface area contributed by atoms with Crippen LogP contribution in [0.1, 0.15) is 18.1 Å². The molecule has 0 spiro atoms. The van der Waals surface area contributed by atoms with Gasteiger partial charge < -0.3 is 10.1 Å². The van der Waals surface area contributed by atoms with Gasteiger partial charge in [-0.25, -0.2) is 0 Å². The second kappa shape index (κ2) is 8.89. The highest BCUT2D eigenvalue weighted by Gasteiger charge is 2.16. The number of ether oxygens (including phenoxy) is 1. The summed E-state index contributed by atoms with van der Waals surface area (Å²) in [5.74, 6) is 0.152. The maximum Gasteiger partial charge on any atom is 0.265 e. The van der Waals surface area contributed by atoms with E-state index in [4.69, 9.17) is 27.9 Å². The highest BCUT2D eigenvalue weighted by atomic mass is 35.5. The van der Waals surface area contributed by atoms with E-state index in [0.717, 1.165) is 12.0 Å². The minimum atomic E-state index is -0.708. The molecule has 6 heteroatoms.